The van der Waals surface area contributed by atoms with Crippen LogP contribution in [0, 0.1) is 5.41 Å². The molecular formula is C14H27N3. The lowest BCUT2D eigenvalue weighted by Gasteiger charge is -2.48. The van der Waals surface area contributed by atoms with E-state index in [2.05, 4.69) is 35.5 Å². The Labute approximate surface area is 106 Å². The third kappa shape index (κ3) is 3.09. The summed E-state index contributed by atoms with van der Waals surface area (Å²) in [4.78, 5) is 5.18. The first-order valence-electron chi connectivity index (χ1n) is 6.91. The molecule has 2 aliphatic rings. The van der Waals surface area contributed by atoms with Crippen molar-refractivity contribution >= 4 is 0 Å². The van der Waals surface area contributed by atoms with Crippen molar-refractivity contribution in [1.29, 1.82) is 0 Å². The van der Waals surface area contributed by atoms with Crippen LogP contribution in [0.1, 0.15) is 20.3 Å². The van der Waals surface area contributed by atoms with E-state index in [0.29, 0.717) is 11.5 Å². The minimum atomic E-state index is 0.464. The molecule has 0 bridgehead atoms. The second kappa shape index (κ2) is 5.51. The van der Waals surface area contributed by atoms with E-state index in [1.165, 1.54) is 39.1 Å². The topological polar surface area (TPSA) is 18.5 Å². The number of hydrogen-bond donors (Lipinski definition) is 1. The summed E-state index contributed by atoms with van der Waals surface area (Å²) in [7, 11) is 0. The van der Waals surface area contributed by atoms with E-state index in [1.54, 1.807) is 0 Å². The zero-order chi connectivity index (χ0) is 12.3. The SMILES string of the molecule is C=CCN1CCN(C2CNCCC2(C)C)CC1. The minimum absolute atomic E-state index is 0.464. The largest absolute Gasteiger partial charge is 0.315 e. The van der Waals surface area contributed by atoms with E-state index >= 15 is 0 Å². The molecule has 3 heteroatoms. The van der Waals surface area contributed by atoms with Crippen LogP contribution in [0.3, 0.4) is 0 Å². The third-order valence-corrected chi connectivity index (χ3v) is 4.42. The lowest BCUT2D eigenvalue weighted by molar-refractivity contribution is 0.0244. The fraction of sp³-hybridized carbons (Fsp3) is 0.857. The Hall–Kier alpha value is -0.380. The van der Waals surface area contributed by atoms with Gasteiger partial charge in [-0.2, -0.15) is 0 Å². The van der Waals surface area contributed by atoms with Crippen molar-refractivity contribution in [2.45, 2.75) is 26.3 Å². The molecule has 2 rings (SSSR count). The van der Waals surface area contributed by atoms with Crippen molar-refractivity contribution in [3.63, 3.8) is 0 Å². The van der Waals surface area contributed by atoms with E-state index < -0.39 is 0 Å². The Morgan fingerprint density at radius 1 is 1.29 bits per heavy atom. The molecule has 2 aliphatic heterocycles. The van der Waals surface area contributed by atoms with Gasteiger partial charge >= 0.3 is 0 Å². The number of nitrogens with zero attached hydrogens (tertiary/aromatic N) is 2. The van der Waals surface area contributed by atoms with E-state index in [0.717, 1.165) is 13.1 Å². The Kier molecular flexibility index (Phi) is 4.23. The molecule has 1 unspecified atom stereocenters. The van der Waals surface area contributed by atoms with Crippen LogP contribution in [-0.4, -0.2) is 61.7 Å². The number of rotatable bonds is 3. The molecular weight excluding hydrogens is 210 g/mol. The minimum Gasteiger partial charge on any atom is -0.315 e. The lowest BCUT2D eigenvalue weighted by Crippen LogP contribution is -2.60. The van der Waals surface area contributed by atoms with E-state index in [4.69, 9.17) is 0 Å². The van der Waals surface area contributed by atoms with Crippen LogP contribution in [0.25, 0.3) is 0 Å². The second-order valence-electron chi connectivity index (χ2n) is 6.08. The Morgan fingerprint density at radius 3 is 2.59 bits per heavy atom. The van der Waals surface area contributed by atoms with E-state index in [1.807, 2.05) is 6.08 Å². The van der Waals surface area contributed by atoms with Crippen molar-refractivity contribution in [3.8, 4) is 0 Å². The van der Waals surface area contributed by atoms with Crippen LogP contribution in [0.15, 0.2) is 12.7 Å². The molecule has 3 nitrogen and oxygen atoms in total. The molecule has 17 heavy (non-hydrogen) atoms. The molecule has 2 fully saturated rings. The molecule has 1 atom stereocenters. The first-order chi connectivity index (χ1) is 8.13. The van der Waals surface area contributed by atoms with Crippen molar-refractivity contribution < 1.29 is 0 Å². The van der Waals surface area contributed by atoms with Crippen molar-refractivity contribution in [2.75, 3.05) is 45.8 Å². The molecule has 98 valence electrons. The highest BCUT2D eigenvalue weighted by Gasteiger charge is 2.37. The number of nitrogens with one attached hydrogen (secondary N) is 1. The highest BCUT2D eigenvalue weighted by Crippen LogP contribution is 2.31. The van der Waals surface area contributed by atoms with Gasteiger partial charge in [0.2, 0.25) is 0 Å². The normalized spacial score (nSPS) is 31.3. The summed E-state index contributed by atoms with van der Waals surface area (Å²) in [5.41, 5.74) is 0.464. The van der Waals surface area contributed by atoms with Gasteiger partial charge in [-0.25, -0.2) is 0 Å². The monoisotopic (exact) mass is 237 g/mol. The summed E-state index contributed by atoms with van der Waals surface area (Å²) >= 11 is 0. The van der Waals surface area contributed by atoms with Crippen LogP contribution < -0.4 is 5.32 Å². The summed E-state index contributed by atoms with van der Waals surface area (Å²) < 4.78 is 0. The predicted molar refractivity (Wildman–Crippen MR) is 73.3 cm³/mol. The van der Waals surface area contributed by atoms with Gasteiger partial charge in [0.25, 0.3) is 0 Å². The number of hydrogen-bond acceptors (Lipinski definition) is 3. The maximum atomic E-state index is 3.82. The van der Waals surface area contributed by atoms with Crippen LogP contribution in [0.5, 0.6) is 0 Å². The quantitative estimate of drug-likeness (QED) is 0.744. The van der Waals surface area contributed by atoms with Gasteiger partial charge in [0, 0.05) is 45.3 Å². The lowest BCUT2D eigenvalue weighted by atomic mass is 9.77. The third-order valence-electron chi connectivity index (χ3n) is 4.42. The molecule has 0 aliphatic carbocycles. The average molecular weight is 237 g/mol. The van der Waals surface area contributed by atoms with Gasteiger partial charge < -0.3 is 5.32 Å². The molecule has 2 saturated heterocycles. The summed E-state index contributed by atoms with van der Waals surface area (Å²) in [5.74, 6) is 0. The van der Waals surface area contributed by atoms with Crippen LogP contribution >= 0.6 is 0 Å². The van der Waals surface area contributed by atoms with Gasteiger partial charge in [-0.15, -0.1) is 6.58 Å². The molecule has 1 N–H and O–H groups in total. The average Bonchev–Trinajstić information content (AvgIpc) is 2.30. The van der Waals surface area contributed by atoms with Gasteiger partial charge in [0.1, 0.15) is 0 Å². The van der Waals surface area contributed by atoms with Crippen LogP contribution in [0.2, 0.25) is 0 Å². The first kappa shape index (κ1) is 13.1. The summed E-state index contributed by atoms with van der Waals surface area (Å²) in [5, 5.41) is 3.55. The predicted octanol–water partition coefficient (Wildman–Crippen LogP) is 1.18. The Balaban J connectivity index is 1.89. The highest BCUT2D eigenvalue weighted by atomic mass is 15.3. The smallest absolute Gasteiger partial charge is 0.0273 e. The zero-order valence-electron chi connectivity index (χ0n) is 11.4. The molecule has 0 radical (unpaired) electrons. The fourth-order valence-corrected chi connectivity index (χ4v) is 3.16. The standard InChI is InChI=1S/C14H27N3/c1-4-7-16-8-10-17(11-9-16)13-12-15-6-5-14(13,2)3/h4,13,15H,1,5-12H2,2-3H3. The number of piperazine rings is 1. The molecule has 2 heterocycles. The zero-order valence-corrected chi connectivity index (χ0v) is 11.4. The van der Waals surface area contributed by atoms with Crippen molar-refractivity contribution in [3.05, 3.63) is 12.7 Å². The Bertz CT molecular complexity index is 254. The maximum Gasteiger partial charge on any atom is 0.0273 e. The summed E-state index contributed by atoms with van der Waals surface area (Å²) in [6, 6.07) is 0.710. The highest BCUT2D eigenvalue weighted by molar-refractivity contribution is 4.93. The van der Waals surface area contributed by atoms with Crippen molar-refractivity contribution in [2.24, 2.45) is 5.41 Å². The van der Waals surface area contributed by atoms with E-state index in [9.17, 15) is 0 Å². The molecule has 0 aromatic heterocycles. The van der Waals surface area contributed by atoms with Gasteiger partial charge in [-0.3, -0.25) is 9.80 Å². The molecule has 0 amide bonds. The van der Waals surface area contributed by atoms with Crippen molar-refractivity contribution in [1.82, 2.24) is 15.1 Å². The van der Waals surface area contributed by atoms with Gasteiger partial charge in [0.05, 0.1) is 0 Å². The second-order valence-corrected chi connectivity index (χ2v) is 6.08. The molecule has 0 aromatic rings. The van der Waals surface area contributed by atoms with Gasteiger partial charge in [0.15, 0.2) is 0 Å². The fourth-order valence-electron chi connectivity index (χ4n) is 3.16. The molecule has 0 spiro atoms. The van der Waals surface area contributed by atoms with Crippen LogP contribution in [0.4, 0.5) is 0 Å². The van der Waals surface area contributed by atoms with E-state index in [-0.39, 0.29) is 0 Å². The summed E-state index contributed by atoms with van der Waals surface area (Å²) in [6.07, 6.45) is 3.31. The Morgan fingerprint density at radius 2 is 2.00 bits per heavy atom. The summed E-state index contributed by atoms with van der Waals surface area (Å²) in [6.45, 7) is 16.9. The van der Waals surface area contributed by atoms with Crippen LogP contribution in [-0.2, 0) is 0 Å². The van der Waals surface area contributed by atoms with Gasteiger partial charge in [-0.05, 0) is 18.4 Å². The molecule has 0 saturated carbocycles. The number of piperidine rings is 1. The maximum absolute atomic E-state index is 3.82. The first-order valence-corrected chi connectivity index (χ1v) is 6.91. The van der Waals surface area contributed by atoms with Gasteiger partial charge in [-0.1, -0.05) is 19.9 Å². The molecule has 0 aromatic carbocycles.